The van der Waals surface area contributed by atoms with Gasteiger partial charge in [-0.15, -0.1) is 0 Å². The molecule has 0 aliphatic heterocycles. The first-order chi connectivity index (χ1) is 15.8. The molecule has 4 rings (SSSR count). The number of carbonyl (C=O) groups excluding carboxylic acids is 1. The van der Waals surface area contributed by atoms with Gasteiger partial charge in [0.05, 0.1) is 12.2 Å². The number of hydrogen-bond acceptors (Lipinski definition) is 4. The minimum absolute atomic E-state index is 0.173. The number of carboxylic acid groups (broad SMARTS) is 1. The fraction of sp³-hybridized carbons (Fsp3) is 0.929. The summed E-state index contributed by atoms with van der Waals surface area (Å²) in [6.45, 7) is 10.7. The number of aliphatic hydroxyl groups is 2. The number of aliphatic hydroxyl groups excluding tert-OH is 2. The lowest BCUT2D eigenvalue weighted by Gasteiger charge is -2.62. The number of amides is 1. The number of rotatable bonds is 6. The van der Waals surface area contributed by atoms with Gasteiger partial charge in [-0.25, -0.2) is 0 Å². The van der Waals surface area contributed by atoms with Crippen molar-refractivity contribution in [3.05, 3.63) is 0 Å². The topological polar surface area (TPSA) is 107 Å². The number of hydrogen-bond donors (Lipinski definition) is 4. The highest BCUT2D eigenvalue weighted by molar-refractivity contribution is 5.85. The van der Waals surface area contributed by atoms with Crippen molar-refractivity contribution in [1.29, 1.82) is 0 Å². The standard InChI is InChI=1S/C28H47NO5/c1-16(14-26(2,3)25(34)29-15-23(32)33)19-6-7-20-24-21(9-11-28(19,20)5)27(4)10-8-18(30)12-17(27)13-22(24)31/h16-22,24,30-31H,6-15H2,1-5H3,(H,29,34)(H,32,33). The molecule has 10 unspecified atom stereocenters. The summed E-state index contributed by atoms with van der Waals surface area (Å²) in [6.07, 6.45) is 8.54. The minimum Gasteiger partial charge on any atom is -0.480 e. The highest BCUT2D eigenvalue weighted by Gasteiger charge is 2.63. The molecule has 0 saturated heterocycles. The second-order valence-corrected chi connectivity index (χ2v) is 13.6. The first kappa shape index (κ1) is 25.9. The van der Waals surface area contributed by atoms with Crippen LogP contribution in [0.1, 0.15) is 92.4 Å². The van der Waals surface area contributed by atoms with Crippen LogP contribution in [0.15, 0.2) is 0 Å². The van der Waals surface area contributed by atoms with E-state index in [9.17, 15) is 19.8 Å². The lowest BCUT2D eigenvalue weighted by atomic mass is 9.43. The molecule has 0 radical (unpaired) electrons. The molecular weight excluding hydrogens is 430 g/mol. The van der Waals surface area contributed by atoms with Crippen LogP contribution >= 0.6 is 0 Å². The molecule has 0 aromatic carbocycles. The van der Waals surface area contributed by atoms with Gasteiger partial charge in [-0.2, -0.15) is 0 Å². The lowest BCUT2D eigenvalue weighted by Crippen LogP contribution is -2.58. The van der Waals surface area contributed by atoms with Crippen LogP contribution in [0.3, 0.4) is 0 Å². The number of carboxylic acids is 1. The highest BCUT2D eigenvalue weighted by Crippen LogP contribution is 2.68. The van der Waals surface area contributed by atoms with Gasteiger partial charge >= 0.3 is 5.97 Å². The first-order valence-corrected chi connectivity index (χ1v) is 13.7. The Hall–Kier alpha value is -1.14. The highest BCUT2D eigenvalue weighted by atomic mass is 16.4. The Bertz CT molecular complexity index is 798. The molecule has 6 nitrogen and oxygen atoms in total. The monoisotopic (exact) mass is 477 g/mol. The molecule has 0 aromatic heterocycles. The number of carbonyl (C=O) groups is 2. The molecule has 0 bridgehead atoms. The van der Waals surface area contributed by atoms with Crippen molar-refractivity contribution < 1.29 is 24.9 Å². The van der Waals surface area contributed by atoms with E-state index in [1.165, 1.54) is 6.42 Å². The molecular formula is C28H47NO5. The van der Waals surface area contributed by atoms with Crippen molar-refractivity contribution in [3.8, 4) is 0 Å². The van der Waals surface area contributed by atoms with Crippen LogP contribution in [0, 0.1) is 51.8 Å². The average Bonchev–Trinajstić information content (AvgIpc) is 3.10. The van der Waals surface area contributed by atoms with Gasteiger partial charge in [0.15, 0.2) is 0 Å². The molecule has 0 heterocycles. The third-order valence-electron chi connectivity index (χ3n) is 11.3. The summed E-state index contributed by atoms with van der Waals surface area (Å²) in [6, 6.07) is 0. The van der Waals surface area contributed by atoms with Gasteiger partial charge in [-0.3, -0.25) is 9.59 Å². The van der Waals surface area contributed by atoms with Crippen LogP contribution in [0.2, 0.25) is 0 Å². The zero-order chi connectivity index (χ0) is 25.1. The zero-order valence-corrected chi connectivity index (χ0v) is 21.8. The van der Waals surface area contributed by atoms with Crippen LogP contribution in [0.5, 0.6) is 0 Å². The summed E-state index contributed by atoms with van der Waals surface area (Å²) < 4.78 is 0. The van der Waals surface area contributed by atoms with Crippen molar-refractivity contribution in [2.45, 2.75) is 105 Å². The molecule has 6 heteroatoms. The summed E-state index contributed by atoms with van der Waals surface area (Å²) in [5.41, 5.74) is -0.209. The van der Waals surface area contributed by atoms with Crippen molar-refractivity contribution in [2.75, 3.05) is 6.54 Å². The first-order valence-electron chi connectivity index (χ1n) is 13.7. The maximum atomic E-state index is 12.7. The summed E-state index contributed by atoms with van der Waals surface area (Å²) in [5.74, 6) is 1.49. The second-order valence-electron chi connectivity index (χ2n) is 13.6. The molecule has 4 aliphatic rings. The smallest absolute Gasteiger partial charge is 0.322 e. The Morgan fingerprint density at radius 3 is 2.32 bits per heavy atom. The molecule has 4 fully saturated rings. The van der Waals surface area contributed by atoms with Gasteiger partial charge in [-0.05, 0) is 104 Å². The maximum absolute atomic E-state index is 12.7. The van der Waals surface area contributed by atoms with E-state index in [0.29, 0.717) is 35.5 Å². The normalized spacial score (nSPS) is 45.0. The van der Waals surface area contributed by atoms with E-state index in [2.05, 4.69) is 26.1 Å². The second kappa shape index (κ2) is 9.06. The van der Waals surface area contributed by atoms with E-state index >= 15 is 0 Å². The quantitative estimate of drug-likeness (QED) is 0.458. The van der Waals surface area contributed by atoms with E-state index < -0.39 is 11.4 Å². The molecule has 4 aliphatic carbocycles. The van der Waals surface area contributed by atoms with E-state index in [4.69, 9.17) is 5.11 Å². The zero-order valence-electron chi connectivity index (χ0n) is 21.8. The van der Waals surface area contributed by atoms with E-state index in [1.54, 1.807) is 0 Å². The van der Waals surface area contributed by atoms with E-state index in [0.717, 1.165) is 51.4 Å². The predicted molar refractivity (Wildman–Crippen MR) is 131 cm³/mol. The van der Waals surface area contributed by atoms with Gasteiger partial charge in [-0.1, -0.05) is 34.6 Å². The third-order valence-corrected chi connectivity index (χ3v) is 11.3. The minimum atomic E-state index is -1.02. The molecule has 194 valence electrons. The molecule has 34 heavy (non-hydrogen) atoms. The average molecular weight is 478 g/mol. The van der Waals surface area contributed by atoms with Gasteiger partial charge in [0, 0.05) is 5.41 Å². The molecule has 10 atom stereocenters. The van der Waals surface area contributed by atoms with Crippen LogP contribution in [0.4, 0.5) is 0 Å². The lowest BCUT2D eigenvalue weighted by molar-refractivity contribution is -0.174. The molecule has 0 aromatic rings. The number of aliphatic carboxylic acids is 1. The molecule has 1 amide bonds. The van der Waals surface area contributed by atoms with E-state index in [1.807, 2.05) is 13.8 Å². The molecule has 4 saturated carbocycles. The van der Waals surface area contributed by atoms with Crippen molar-refractivity contribution >= 4 is 11.9 Å². The van der Waals surface area contributed by atoms with E-state index in [-0.39, 0.29) is 35.5 Å². The Labute approximate surface area is 205 Å². The number of fused-ring (bicyclic) bond motifs is 5. The van der Waals surface area contributed by atoms with Crippen LogP contribution in [-0.2, 0) is 9.59 Å². The largest absolute Gasteiger partial charge is 0.480 e. The SMILES string of the molecule is CC(CC(C)(C)C(=O)NCC(=O)O)C1CCC2C3C(O)CC4CC(O)CCC4(C)C3CCC12C. The Morgan fingerprint density at radius 1 is 1.00 bits per heavy atom. The Balaban J connectivity index is 1.49. The van der Waals surface area contributed by atoms with Gasteiger partial charge in [0.25, 0.3) is 0 Å². The maximum Gasteiger partial charge on any atom is 0.322 e. The summed E-state index contributed by atoms with van der Waals surface area (Å²) in [4.78, 5) is 23.6. The van der Waals surface area contributed by atoms with Crippen LogP contribution in [0.25, 0.3) is 0 Å². The van der Waals surface area contributed by atoms with Crippen molar-refractivity contribution in [1.82, 2.24) is 5.32 Å². The fourth-order valence-electron chi connectivity index (χ4n) is 9.61. The van der Waals surface area contributed by atoms with Crippen molar-refractivity contribution in [3.63, 3.8) is 0 Å². The van der Waals surface area contributed by atoms with Gasteiger partial charge in [0.2, 0.25) is 5.91 Å². The van der Waals surface area contributed by atoms with Crippen molar-refractivity contribution in [2.24, 2.45) is 51.8 Å². The fourth-order valence-corrected chi connectivity index (χ4v) is 9.61. The van der Waals surface area contributed by atoms with Gasteiger partial charge < -0.3 is 20.6 Å². The van der Waals surface area contributed by atoms with Crippen LogP contribution in [-0.4, -0.2) is 45.9 Å². The predicted octanol–water partition coefficient (Wildman–Crippen LogP) is 4.23. The van der Waals surface area contributed by atoms with Gasteiger partial charge in [0.1, 0.15) is 6.54 Å². The number of nitrogens with one attached hydrogen (secondary N) is 1. The third kappa shape index (κ3) is 4.31. The summed E-state index contributed by atoms with van der Waals surface area (Å²) >= 11 is 0. The molecule has 4 N–H and O–H groups in total. The summed E-state index contributed by atoms with van der Waals surface area (Å²) in [7, 11) is 0. The Morgan fingerprint density at radius 2 is 1.65 bits per heavy atom. The van der Waals surface area contributed by atoms with Crippen LogP contribution < -0.4 is 5.32 Å². The summed E-state index contributed by atoms with van der Waals surface area (Å²) in [5, 5.41) is 33.2. The molecule has 0 spiro atoms. The Kier molecular flexibility index (Phi) is 6.91.